The van der Waals surface area contributed by atoms with Gasteiger partial charge in [0.15, 0.2) is 6.10 Å². The fraction of sp³-hybridized carbons (Fsp3) is 0.800. The Morgan fingerprint density at radius 1 is 0.344 bits per heavy atom. The third-order valence-electron chi connectivity index (χ3n) is 11.3. The average Bonchev–Trinajstić information content (AvgIpc) is 3.26. The number of allylic oxidation sites excluding steroid dienone is 8. The van der Waals surface area contributed by atoms with Gasteiger partial charge in [-0.2, -0.15) is 0 Å². The van der Waals surface area contributed by atoms with Crippen LogP contribution in [-0.4, -0.2) is 37.2 Å². The standard InChI is InChI=1S/C55H98O6/c1-4-7-10-13-16-19-22-25-27-28-31-33-36-39-42-45-48-54(57)60-51-52(50-59-53(56)47-44-41-38-35-32-29-24-21-18-15-12-9-6-3)61-55(58)49-46-43-40-37-34-30-26-23-20-17-14-11-8-5-2/h8,11,17,20,26-28,30,52H,4-7,9-10,12-16,18-19,21-25,29,31-51H2,1-3H3/b11-8-,20-17-,28-27-,30-26-. The third-order valence-corrected chi connectivity index (χ3v) is 11.3. The van der Waals surface area contributed by atoms with E-state index >= 15 is 0 Å². The molecule has 0 radical (unpaired) electrons. The zero-order valence-corrected chi connectivity index (χ0v) is 40.4. The normalized spacial score (nSPS) is 12.4. The molecule has 0 aromatic heterocycles. The van der Waals surface area contributed by atoms with Gasteiger partial charge in [-0.3, -0.25) is 14.4 Å². The zero-order valence-electron chi connectivity index (χ0n) is 40.4. The molecule has 0 bridgehead atoms. The van der Waals surface area contributed by atoms with Crippen molar-refractivity contribution < 1.29 is 28.6 Å². The Balaban J connectivity index is 4.40. The molecule has 0 spiro atoms. The molecule has 1 unspecified atom stereocenters. The highest BCUT2D eigenvalue weighted by Crippen LogP contribution is 2.15. The van der Waals surface area contributed by atoms with Crippen LogP contribution in [0.3, 0.4) is 0 Å². The summed E-state index contributed by atoms with van der Waals surface area (Å²) in [6.07, 6.45) is 59.5. The SMILES string of the molecule is CC/C=C\C/C=C\C/C=C\CCCCCCC(=O)OC(COC(=O)CCCCCCC/C=C\CCCCCCCCC)COC(=O)CCCCCCCCCCCCCCC. The first kappa shape index (κ1) is 58.4. The van der Waals surface area contributed by atoms with Crippen molar-refractivity contribution in [1.82, 2.24) is 0 Å². The van der Waals surface area contributed by atoms with Crippen LogP contribution in [0.1, 0.15) is 265 Å². The highest BCUT2D eigenvalue weighted by atomic mass is 16.6. The van der Waals surface area contributed by atoms with E-state index in [0.717, 1.165) is 96.3 Å². The second-order valence-corrected chi connectivity index (χ2v) is 17.4. The van der Waals surface area contributed by atoms with Gasteiger partial charge in [0.2, 0.25) is 0 Å². The highest BCUT2D eigenvalue weighted by Gasteiger charge is 2.19. The van der Waals surface area contributed by atoms with Crippen LogP contribution in [-0.2, 0) is 28.6 Å². The van der Waals surface area contributed by atoms with Crippen molar-refractivity contribution in [3.8, 4) is 0 Å². The van der Waals surface area contributed by atoms with E-state index < -0.39 is 6.10 Å². The molecule has 0 N–H and O–H groups in total. The molecule has 0 aliphatic carbocycles. The molecular formula is C55H98O6. The molecule has 6 heteroatoms. The molecule has 6 nitrogen and oxygen atoms in total. The number of hydrogen-bond acceptors (Lipinski definition) is 6. The van der Waals surface area contributed by atoms with Gasteiger partial charge in [0.25, 0.3) is 0 Å². The number of carbonyl (C=O) groups excluding carboxylic acids is 3. The number of ether oxygens (including phenoxy) is 3. The Hall–Kier alpha value is -2.63. The van der Waals surface area contributed by atoms with Crippen LogP contribution in [0, 0.1) is 0 Å². The maximum absolute atomic E-state index is 12.8. The lowest BCUT2D eigenvalue weighted by Crippen LogP contribution is -2.30. The Morgan fingerprint density at radius 2 is 0.639 bits per heavy atom. The van der Waals surface area contributed by atoms with Gasteiger partial charge in [-0.25, -0.2) is 0 Å². The van der Waals surface area contributed by atoms with Gasteiger partial charge >= 0.3 is 17.9 Å². The first-order valence-electron chi connectivity index (χ1n) is 26.1. The number of esters is 3. The van der Waals surface area contributed by atoms with Gasteiger partial charge in [-0.15, -0.1) is 0 Å². The Morgan fingerprint density at radius 3 is 1.02 bits per heavy atom. The number of carbonyl (C=O) groups is 3. The van der Waals surface area contributed by atoms with E-state index in [1.165, 1.54) is 128 Å². The molecule has 0 heterocycles. The summed E-state index contributed by atoms with van der Waals surface area (Å²) in [5.41, 5.74) is 0. The minimum atomic E-state index is -0.784. The van der Waals surface area contributed by atoms with Crippen LogP contribution >= 0.6 is 0 Å². The number of rotatable bonds is 47. The molecular weight excluding hydrogens is 757 g/mol. The molecule has 0 aromatic rings. The van der Waals surface area contributed by atoms with Gasteiger partial charge in [0.05, 0.1) is 0 Å². The molecule has 0 saturated carbocycles. The lowest BCUT2D eigenvalue weighted by Gasteiger charge is -2.18. The van der Waals surface area contributed by atoms with E-state index in [-0.39, 0.29) is 31.1 Å². The summed E-state index contributed by atoms with van der Waals surface area (Å²) in [6.45, 7) is 6.51. The predicted octanol–water partition coefficient (Wildman–Crippen LogP) is 17.1. The summed E-state index contributed by atoms with van der Waals surface area (Å²) in [6, 6.07) is 0. The lowest BCUT2D eigenvalue weighted by atomic mass is 10.0. The van der Waals surface area contributed by atoms with E-state index in [2.05, 4.69) is 69.4 Å². The summed E-state index contributed by atoms with van der Waals surface area (Å²) in [5.74, 6) is -0.906. The average molecular weight is 855 g/mol. The molecule has 0 amide bonds. The van der Waals surface area contributed by atoms with E-state index in [9.17, 15) is 14.4 Å². The summed E-state index contributed by atoms with van der Waals surface area (Å²) in [7, 11) is 0. The quantitative estimate of drug-likeness (QED) is 0.0263. The third kappa shape index (κ3) is 48.3. The molecule has 0 rings (SSSR count). The summed E-state index contributed by atoms with van der Waals surface area (Å²) in [5, 5.41) is 0. The Kier molecular flexibility index (Phi) is 47.9. The van der Waals surface area contributed by atoms with Crippen molar-refractivity contribution in [2.24, 2.45) is 0 Å². The minimum absolute atomic E-state index is 0.0826. The van der Waals surface area contributed by atoms with Crippen LogP contribution < -0.4 is 0 Å². The van der Waals surface area contributed by atoms with Crippen molar-refractivity contribution in [3.63, 3.8) is 0 Å². The zero-order chi connectivity index (χ0) is 44.4. The molecule has 0 fully saturated rings. The second kappa shape index (κ2) is 50.0. The van der Waals surface area contributed by atoms with Crippen LogP contribution in [0.4, 0.5) is 0 Å². The summed E-state index contributed by atoms with van der Waals surface area (Å²) >= 11 is 0. The van der Waals surface area contributed by atoms with E-state index in [1.807, 2.05) is 0 Å². The smallest absolute Gasteiger partial charge is 0.306 e. The minimum Gasteiger partial charge on any atom is -0.462 e. The van der Waals surface area contributed by atoms with Crippen molar-refractivity contribution in [2.75, 3.05) is 13.2 Å². The van der Waals surface area contributed by atoms with Crippen LogP contribution in [0.2, 0.25) is 0 Å². The van der Waals surface area contributed by atoms with E-state index in [1.54, 1.807) is 0 Å². The van der Waals surface area contributed by atoms with Crippen LogP contribution in [0.25, 0.3) is 0 Å². The Bertz CT molecular complexity index is 1070. The molecule has 0 saturated heterocycles. The molecule has 0 aliphatic heterocycles. The van der Waals surface area contributed by atoms with Crippen LogP contribution in [0.15, 0.2) is 48.6 Å². The van der Waals surface area contributed by atoms with Crippen molar-refractivity contribution in [3.05, 3.63) is 48.6 Å². The lowest BCUT2D eigenvalue weighted by molar-refractivity contribution is -0.167. The summed E-state index contributed by atoms with van der Waals surface area (Å²) < 4.78 is 16.8. The maximum atomic E-state index is 12.8. The van der Waals surface area contributed by atoms with E-state index in [4.69, 9.17) is 14.2 Å². The number of unbranched alkanes of at least 4 members (excludes halogenated alkanes) is 28. The number of hydrogen-bond donors (Lipinski definition) is 0. The van der Waals surface area contributed by atoms with Crippen molar-refractivity contribution in [2.45, 2.75) is 271 Å². The van der Waals surface area contributed by atoms with Crippen molar-refractivity contribution in [1.29, 1.82) is 0 Å². The second-order valence-electron chi connectivity index (χ2n) is 17.4. The topological polar surface area (TPSA) is 78.9 Å². The van der Waals surface area contributed by atoms with E-state index in [0.29, 0.717) is 19.3 Å². The maximum Gasteiger partial charge on any atom is 0.306 e. The van der Waals surface area contributed by atoms with Crippen LogP contribution in [0.5, 0.6) is 0 Å². The van der Waals surface area contributed by atoms with Gasteiger partial charge < -0.3 is 14.2 Å². The molecule has 61 heavy (non-hydrogen) atoms. The first-order valence-corrected chi connectivity index (χ1v) is 26.1. The van der Waals surface area contributed by atoms with Gasteiger partial charge in [0, 0.05) is 19.3 Å². The molecule has 1 atom stereocenters. The fourth-order valence-corrected chi connectivity index (χ4v) is 7.39. The molecule has 0 aromatic carbocycles. The summed E-state index contributed by atoms with van der Waals surface area (Å²) in [4.78, 5) is 38.0. The first-order chi connectivity index (χ1) is 30.0. The predicted molar refractivity (Wildman–Crippen MR) is 261 cm³/mol. The highest BCUT2D eigenvalue weighted by molar-refractivity contribution is 5.71. The Labute approximate surface area is 378 Å². The largest absolute Gasteiger partial charge is 0.462 e. The van der Waals surface area contributed by atoms with Crippen molar-refractivity contribution >= 4 is 17.9 Å². The van der Waals surface area contributed by atoms with Gasteiger partial charge in [-0.1, -0.05) is 217 Å². The van der Waals surface area contributed by atoms with Gasteiger partial charge in [0.1, 0.15) is 13.2 Å². The molecule has 354 valence electrons. The fourth-order valence-electron chi connectivity index (χ4n) is 7.39. The monoisotopic (exact) mass is 855 g/mol. The van der Waals surface area contributed by atoms with Gasteiger partial charge in [-0.05, 0) is 77.0 Å². The molecule has 0 aliphatic rings.